The highest BCUT2D eigenvalue weighted by Crippen LogP contribution is 2.38. The largest absolute Gasteiger partial charge is 0.480 e. The molecule has 196 valence electrons. The fourth-order valence-corrected chi connectivity index (χ4v) is 5.59. The maximum atomic E-state index is 14.2. The zero-order valence-electron chi connectivity index (χ0n) is 21.5. The summed E-state index contributed by atoms with van der Waals surface area (Å²) < 4.78 is 5.57. The van der Waals surface area contributed by atoms with Gasteiger partial charge in [-0.05, 0) is 61.6 Å². The molecule has 5 rings (SSSR count). The average Bonchev–Trinajstić information content (AvgIpc) is 3.21. The van der Waals surface area contributed by atoms with E-state index < -0.39 is 30.2 Å². The van der Waals surface area contributed by atoms with Crippen molar-refractivity contribution in [3.63, 3.8) is 0 Å². The van der Waals surface area contributed by atoms with Crippen molar-refractivity contribution in [3.8, 4) is 0 Å². The first-order valence-electron chi connectivity index (χ1n) is 12.8. The van der Waals surface area contributed by atoms with Crippen LogP contribution in [-0.2, 0) is 16.1 Å². The Labute approximate surface area is 222 Å². The molecule has 3 aromatic carbocycles. The van der Waals surface area contributed by atoms with E-state index in [-0.39, 0.29) is 19.2 Å². The van der Waals surface area contributed by atoms with Crippen molar-refractivity contribution in [3.05, 3.63) is 95.6 Å². The van der Waals surface area contributed by atoms with E-state index in [4.69, 9.17) is 4.74 Å². The highest BCUT2D eigenvalue weighted by Gasteiger charge is 2.54. The summed E-state index contributed by atoms with van der Waals surface area (Å²) in [6, 6.07) is 21.9. The molecule has 0 unspecified atom stereocenters. The van der Waals surface area contributed by atoms with Crippen LogP contribution in [0.3, 0.4) is 0 Å². The third-order valence-electron chi connectivity index (χ3n) is 7.38. The molecule has 38 heavy (non-hydrogen) atoms. The van der Waals surface area contributed by atoms with Gasteiger partial charge in [-0.25, -0.2) is 14.4 Å². The third-order valence-corrected chi connectivity index (χ3v) is 7.38. The van der Waals surface area contributed by atoms with Gasteiger partial charge in [-0.1, -0.05) is 60.7 Å². The molecule has 8 heteroatoms. The van der Waals surface area contributed by atoms with Gasteiger partial charge in [0, 0.05) is 6.54 Å². The highest BCUT2D eigenvalue weighted by atomic mass is 16.6. The fraction of sp³-hybridized carbons (Fsp3) is 0.300. The molecule has 0 radical (unpaired) electrons. The Morgan fingerprint density at radius 3 is 2.39 bits per heavy atom. The Morgan fingerprint density at radius 2 is 1.68 bits per heavy atom. The molecule has 3 amide bonds. The van der Waals surface area contributed by atoms with E-state index in [1.165, 1.54) is 9.80 Å². The van der Waals surface area contributed by atoms with Gasteiger partial charge in [-0.2, -0.15) is 0 Å². The van der Waals surface area contributed by atoms with Gasteiger partial charge in [-0.15, -0.1) is 0 Å². The average molecular weight is 514 g/mol. The molecule has 2 bridgehead atoms. The molecular formula is C30H31N3O5. The number of aryl methyl sites for hydroxylation is 2. The molecule has 2 heterocycles. The predicted molar refractivity (Wildman–Crippen MR) is 143 cm³/mol. The number of rotatable bonds is 5. The molecule has 2 aliphatic heterocycles. The van der Waals surface area contributed by atoms with Crippen molar-refractivity contribution in [2.24, 2.45) is 0 Å². The number of benzene rings is 3. The number of carboxylic acids is 1. The topological polar surface area (TPSA) is 90.4 Å². The number of amides is 3. The van der Waals surface area contributed by atoms with E-state index in [1.807, 2.05) is 92.7 Å². The smallest absolute Gasteiger partial charge is 0.410 e. The first-order chi connectivity index (χ1) is 18.3. The number of fused-ring (bicyclic) bond motifs is 2. The summed E-state index contributed by atoms with van der Waals surface area (Å²) in [5.74, 6) is -1.14. The fourth-order valence-electron chi connectivity index (χ4n) is 5.59. The number of carbonyl (C=O) groups is 3. The number of aliphatic carboxylic acids is 1. The number of likely N-dealkylation sites (tertiary alicyclic amines) is 1. The predicted octanol–water partition coefficient (Wildman–Crippen LogP) is 5.50. The highest BCUT2D eigenvalue weighted by molar-refractivity contribution is 6.02. The van der Waals surface area contributed by atoms with Crippen molar-refractivity contribution >= 4 is 29.5 Å². The minimum atomic E-state index is -1.19. The summed E-state index contributed by atoms with van der Waals surface area (Å²) in [6.45, 7) is 4.08. The number of hydrogen-bond donors (Lipinski definition) is 1. The summed E-state index contributed by atoms with van der Waals surface area (Å²) in [7, 11) is 0. The summed E-state index contributed by atoms with van der Waals surface area (Å²) >= 11 is 0. The molecule has 0 aliphatic carbocycles. The summed E-state index contributed by atoms with van der Waals surface area (Å²) in [5, 5.41) is 10.3. The van der Waals surface area contributed by atoms with Crippen molar-refractivity contribution in [2.75, 3.05) is 11.4 Å². The third kappa shape index (κ3) is 4.81. The standard InChI is InChI=1S/C30H31N3O5/c1-20-9-8-13-23(17-20)32(25-14-7-6-10-21(25)2)29(36)31-18-24-15-16-26(27(31)28(34)35)33(24)30(37)38-19-22-11-4-3-5-12-22/h3-14,17,24,26-27H,15-16,18-19H2,1-2H3,(H,34,35)/t24-,26+,27-/m0/s1. The number of urea groups is 1. The van der Waals surface area contributed by atoms with Crippen LogP contribution in [0.2, 0.25) is 0 Å². The summed E-state index contributed by atoms with van der Waals surface area (Å²) in [5.41, 5.74) is 4.06. The lowest BCUT2D eigenvalue weighted by molar-refractivity contribution is -0.146. The number of anilines is 2. The molecule has 3 atom stereocenters. The maximum Gasteiger partial charge on any atom is 0.410 e. The minimum absolute atomic E-state index is 0.102. The van der Waals surface area contributed by atoms with Crippen LogP contribution in [0.5, 0.6) is 0 Å². The van der Waals surface area contributed by atoms with E-state index in [9.17, 15) is 19.5 Å². The van der Waals surface area contributed by atoms with Gasteiger partial charge in [0.15, 0.2) is 6.04 Å². The Bertz CT molecular complexity index is 1340. The van der Waals surface area contributed by atoms with E-state index >= 15 is 0 Å². The van der Waals surface area contributed by atoms with E-state index in [0.717, 1.165) is 16.7 Å². The van der Waals surface area contributed by atoms with Gasteiger partial charge in [0.2, 0.25) is 0 Å². The lowest BCUT2D eigenvalue weighted by atomic mass is 10.0. The number of nitrogens with zero attached hydrogens (tertiary/aromatic N) is 3. The first kappa shape index (κ1) is 25.3. The Balaban J connectivity index is 1.45. The van der Waals surface area contributed by atoms with Gasteiger partial charge in [-0.3, -0.25) is 9.80 Å². The molecule has 0 saturated carbocycles. The summed E-state index contributed by atoms with van der Waals surface area (Å²) in [4.78, 5) is 44.5. The lowest BCUT2D eigenvalue weighted by Crippen LogP contribution is -2.66. The van der Waals surface area contributed by atoms with Crippen LogP contribution in [0.25, 0.3) is 0 Å². The Hall–Kier alpha value is -4.33. The van der Waals surface area contributed by atoms with Crippen LogP contribution in [-0.4, -0.2) is 57.7 Å². The molecule has 2 fully saturated rings. The van der Waals surface area contributed by atoms with Gasteiger partial charge < -0.3 is 14.7 Å². The number of para-hydroxylation sites is 1. The molecule has 2 saturated heterocycles. The van der Waals surface area contributed by atoms with Gasteiger partial charge in [0.25, 0.3) is 0 Å². The second-order valence-electron chi connectivity index (χ2n) is 9.92. The quantitative estimate of drug-likeness (QED) is 0.487. The zero-order chi connectivity index (χ0) is 26.8. The number of piperazine rings is 1. The lowest BCUT2D eigenvalue weighted by Gasteiger charge is -2.45. The molecule has 0 spiro atoms. The van der Waals surface area contributed by atoms with E-state index in [2.05, 4.69) is 0 Å². The second-order valence-corrected chi connectivity index (χ2v) is 9.92. The van der Waals surface area contributed by atoms with Crippen molar-refractivity contribution in [1.82, 2.24) is 9.80 Å². The number of ether oxygens (including phenoxy) is 1. The van der Waals surface area contributed by atoms with E-state index in [0.29, 0.717) is 24.2 Å². The van der Waals surface area contributed by atoms with Crippen LogP contribution in [0.1, 0.15) is 29.5 Å². The Morgan fingerprint density at radius 1 is 0.947 bits per heavy atom. The minimum Gasteiger partial charge on any atom is -0.480 e. The molecule has 0 aromatic heterocycles. The van der Waals surface area contributed by atoms with Gasteiger partial charge in [0.05, 0.1) is 23.5 Å². The van der Waals surface area contributed by atoms with E-state index in [1.54, 1.807) is 4.90 Å². The summed E-state index contributed by atoms with van der Waals surface area (Å²) in [6.07, 6.45) is 0.544. The van der Waals surface area contributed by atoms with Crippen molar-refractivity contribution < 1.29 is 24.2 Å². The number of carboxylic acid groups (broad SMARTS) is 1. The Kier molecular flexibility index (Phi) is 7.05. The van der Waals surface area contributed by atoms with Crippen molar-refractivity contribution in [2.45, 2.75) is 51.4 Å². The van der Waals surface area contributed by atoms with Gasteiger partial charge in [0.1, 0.15) is 6.61 Å². The van der Waals surface area contributed by atoms with Crippen LogP contribution >= 0.6 is 0 Å². The number of carbonyl (C=O) groups excluding carboxylic acids is 2. The SMILES string of the molecule is Cc1cccc(N(C(=O)N2C[C@@H]3CC[C@H]([C@H]2C(=O)O)N3C(=O)OCc2ccccc2)c2ccccc2C)c1. The van der Waals surface area contributed by atoms with Crippen LogP contribution in [0.4, 0.5) is 21.0 Å². The molecule has 8 nitrogen and oxygen atoms in total. The zero-order valence-corrected chi connectivity index (χ0v) is 21.5. The first-order valence-corrected chi connectivity index (χ1v) is 12.8. The van der Waals surface area contributed by atoms with Crippen LogP contribution in [0, 0.1) is 13.8 Å². The normalized spacial score (nSPS) is 20.2. The second kappa shape index (κ2) is 10.6. The molecule has 3 aromatic rings. The molecule has 2 aliphatic rings. The molecule has 1 N–H and O–H groups in total. The number of hydrogen-bond acceptors (Lipinski definition) is 4. The monoisotopic (exact) mass is 513 g/mol. The van der Waals surface area contributed by atoms with Crippen molar-refractivity contribution in [1.29, 1.82) is 0 Å². The van der Waals surface area contributed by atoms with Crippen LogP contribution < -0.4 is 4.90 Å². The molecular weight excluding hydrogens is 482 g/mol. The van der Waals surface area contributed by atoms with Crippen LogP contribution in [0.15, 0.2) is 78.9 Å². The van der Waals surface area contributed by atoms with Gasteiger partial charge >= 0.3 is 18.1 Å². The maximum absolute atomic E-state index is 14.2.